The number of hydrogen-bond donors (Lipinski definition) is 1. The molecule has 35 heavy (non-hydrogen) atoms. The van der Waals surface area contributed by atoms with Gasteiger partial charge < -0.3 is 15.1 Å². The Kier molecular flexibility index (Phi) is 8.26. The Morgan fingerprint density at radius 2 is 1.80 bits per heavy atom. The lowest BCUT2D eigenvalue weighted by Gasteiger charge is -2.23. The molecule has 1 aromatic heterocycles. The van der Waals surface area contributed by atoms with Gasteiger partial charge in [0.25, 0.3) is 5.91 Å². The Bertz CT molecular complexity index is 1170. The van der Waals surface area contributed by atoms with Crippen molar-refractivity contribution in [1.29, 1.82) is 0 Å². The van der Waals surface area contributed by atoms with Crippen molar-refractivity contribution in [2.75, 3.05) is 36.4 Å². The van der Waals surface area contributed by atoms with Crippen molar-refractivity contribution in [3.05, 3.63) is 88.0 Å². The molecule has 1 aliphatic rings. The molecule has 0 aliphatic carbocycles. The van der Waals surface area contributed by atoms with Crippen LogP contribution in [0.5, 0.6) is 0 Å². The summed E-state index contributed by atoms with van der Waals surface area (Å²) in [6.45, 7) is 4.64. The summed E-state index contributed by atoms with van der Waals surface area (Å²) in [6, 6.07) is 18.5. The molecule has 2 amide bonds. The lowest BCUT2D eigenvalue weighted by molar-refractivity contribution is -0.117. The quantitative estimate of drug-likeness (QED) is 0.450. The van der Waals surface area contributed by atoms with Crippen LogP contribution in [0.3, 0.4) is 0 Å². The van der Waals surface area contributed by atoms with Crippen molar-refractivity contribution in [3.63, 3.8) is 0 Å². The van der Waals surface area contributed by atoms with Gasteiger partial charge in [0.05, 0.1) is 28.4 Å². The normalized spacial score (nSPS) is 14.8. The van der Waals surface area contributed by atoms with E-state index in [4.69, 9.17) is 23.2 Å². The molecular weight excluding hydrogens is 483 g/mol. The van der Waals surface area contributed by atoms with E-state index in [0.29, 0.717) is 47.4 Å². The molecule has 2 aromatic carbocycles. The SMILES string of the molecule is CCC(C(=O)Nc1ccc(N2CCCN(C(=O)c3ccc(Cl)cc3Cl)CC2)nc1)c1ccccc1. The zero-order chi connectivity index (χ0) is 24.8. The van der Waals surface area contributed by atoms with Crippen molar-refractivity contribution in [2.45, 2.75) is 25.7 Å². The molecule has 1 N–H and O–H groups in total. The van der Waals surface area contributed by atoms with Crippen LogP contribution in [0.1, 0.15) is 41.6 Å². The number of pyridine rings is 1. The Morgan fingerprint density at radius 1 is 1.00 bits per heavy atom. The van der Waals surface area contributed by atoms with Gasteiger partial charge in [-0.25, -0.2) is 4.98 Å². The largest absolute Gasteiger partial charge is 0.355 e. The molecule has 6 nitrogen and oxygen atoms in total. The Morgan fingerprint density at radius 3 is 2.49 bits per heavy atom. The van der Waals surface area contributed by atoms with E-state index in [1.54, 1.807) is 24.4 Å². The maximum Gasteiger partial charge on any atom is 0.255 e. The maximum atomic E-state index is 13.0. The first-order chi connectivity index (χ1) is 17.0. The molecule has 0 saturated carbocycles. The van der Waals surface area contributed by atoms with Crippen LogP contribution in [0, 0.1) is 0 Å². The van der Waals surface area contributed by atoms with Gasteiger partial charge in [0.2, 0.25) is 5.91 Å². The molecule has 4 rings (SSSR count). The highest BCUT2D eigenvalue weighted by molar-refractivity contribution is 6.36. The van der Waals surface area contributed by atoms with Crippen LogP contribution >= 0.6 is 23.2 Å². The summed E-state index contributed by atoms with van der Waals surface area (Å²) in [5, 5.41) is 3.85. The van der Waals surface area contributed by atoms with Crippen molar-refractivity contribution in [3.8, 4) is 0 Å². The topological polar surface area (TPSA) is 65.5 Å². The van der Waals surface area contributed by atoms with Gasteiger partial charge in [0, 0.05) is 31.2 Å². The minimum absolute atomic E-state index is 0.0435. The summed E-state index contributed by atoms with van der Waals surface area (Å²) in [6.07, 6.45) is 3.21. The van der Waals surface area contributed by atoms with E-state index in [9.17, 15) is 9.59 Å². The second-order valence-electron chi connectivity index (χ2n) is 8.52. The van der Waals surface area contributed by atoms with Crippen LogP contribution < -0.4 is 10.2 Å². The van der Waals surface area contributed by atoms with Gasteiger partial charge in [-0.15, -0.1) is 0 Å². The fraction of sp³-hybridized carbons (Fsp3) is 0.296. The highest BCUT2D eigenvalue weighted by atomic mass is 35.5. The molecule has 1 saturated heterocycles. The molecule has 182 valence electrons. The minimum Gasteiger partial charge on any atom is -0.355 e. The summed E-state index contributed by atoms with van der Waals surface area (Å²) in [5.41, 5.74) is 2.13. The number of carbonyl (C=O) groups is 2. The van der Waals surface area contributed by atoms with Gasteiger partial charge >= 0.3 is 0 Å². The average Bonchev–Trinajstić information content (AvgIpc) is 3.12. The predicted octanol–water partition coefficient (Wildman–Crippen LogP) is 5.87. The third-order valence-corrected chi connectivity index (χ3v) is 6.76. The molecule has 1 fully saturated rings. The van der Waals surface area contributed by atoms with Crippen molar-refractivity contribution >= 4 is 46.5 Å². The van der Waals surface area contributed by atoms with E-state index in [1.807, 2.05) is 54.3 Å². The smallest absolute Gasteiger partial charge is 0.255 e. The van der Waals surface area contributed by atoms with Gasteiger partial charge in [0.1, 0.15) is 5.82 Å². The highest BCUT2D eigenvalue weighted by Crippen LogP contribution is 2.25. The number of carbonyl (C=O) groups excluding carboxylic acids is 2. The maximum absolute atomic E-state index is 13.0. The number of hydrogen-bond acceptors (Lipinski definition) is 4. The number of amides is 2. The molecule has 2 heterocycles. The van der Waals surface area contributed by atoms with Crippen LogP contribution in [-0.2, 0) is 4.79 Å². The van der Waals surface area contributed by atoms with Crippen LogP contribution in [-0.4, -0.2) is 47.9 Å². The van der Waals surface area contributed by atoms with Crippen molar-refractivity contribution in [1.82, 2.24) is 9.88 Å². The number of anilines is 2. The Balaban J connectivity index is 1.37. The van der Waals surface area contributed by atoms with Gasteiger partial charge in [-0.1, -0.05) is 60.5 Å². The lowest BCUT2D eigenvalue weighted by atomic mass is 9.95. The van der Waals surface area contributed by atoms with Gasteiger partial charge in [-0.2, -0.15) is 0 Å². The van der Waals surface area contributed by atoms with Crippen LogP contribution in [0.25, 0.3) is 0 Å². The van der Waals surface area contributed by atoms with Crippen LogP contribution in [0.15, 0.2) is 66.9 Å². The first-order valence-electron chi connectivity index (χ1n) is 11.8. The number of halogens is 2. The van der Waals surface area contributed by atoms with E-state index < -0.39 is 0 Å². The van der Waals surface area contributed by atoms with Gasteiger partial charge in [-0.05, 0) is 48.7 Å². The second-order valence-corrected chi connectivity index (χ2v) is 9.37. The summed E-state index contributed by atoms with van der Waals surface area (Å²) >= 11 is 12.2. The molecule has 0 spiro atoms. The molecule has 1 atom stereocenters. The minimum atomic E-state index is -0.209. The highest BCUT2D eigenvalue weighted by Gasteiger charge is 2.23. The fourth-order valence-corrected chi connectivity index (χ4v) is 4.81. The Labute approximate surface area is 215 Å². The lowest BCUT2D eigenvalue weighted by Crippen LogP contribution is -2.35. The fourth-order valence-electron chi connectivity index (χ4n) is 4.32. The van der Waals surface area contributed by atoms with E-state index >= 15 is 0 Å². The van der Waals surface area contributed by atoms with Crippen molar-refractivity contribution in [2.24, 2.45) is 0 Å². The van der Waals surface area contributed by atoms with Crippen LogP contribution in [0.2, 0.25) is 10.0 Å². The molecule has 3 aromatic rings. The summed E-state index contributed by atoms with van der Waals surface area (Å²) < 4.78 is 0. The molecule has 1 aliphatic heterocycles. The third kappa shape index (κ3) is 6.13. The summed E-state index contributed by atoms with van der Waals surface area (Å²) in [5.74, 6) is 0.470. The monoisotopic (exact) mass is 510 g/mol. The number of nitrogens with zero attached hydrogens (tertiary/aromatic N) is 3. The third-order valence-electron chi connectivity index (χ3n) is 6.21. The number of rotatable bonds is 6. The molecule has 8 heteroatoms. The molecule has 1 unspecified atom stereocenters. The number of aromatic nitrogens is 1. The Hall–Kier alpha value is -3.09. The van der Waals surface area contributed by atoms with Crippen molar-refractivity contribution < 1.29 is 9.59 Å². The molecule has 0 radical (unpaired) electrons. The summed E-state index contributed by atoms with van der Waals surface area (Å²) in [7, 11) is 0. The number of benzene rings is 2. The van der Waals surface area contributed by atoms with Crippen LogP contribution in [0.4, 0.5) is 11.5 Å². The average molecular weight is 511 g/mol. The number of nitrogens with one attached hydrogen (secondary N) is 1. The van der Waals surface area contributed by atoms with Gasteiger partial charge in [0.15, 0.2) is 0 Å². The van der Waals surface area contributed by atoms with E-state index in [1.165, 1.54) is 0 Å². The van der Waals surface area contributed by atoms with E-state index in [0.717, 1.165) is 24.3 Å². The van der Waals surface area contributed by atoms with E-state index in [-0.39, 0.29) is 17.7 Å². The first kappa shape index (κ1) is 25.0. The van der Waals surface area contributed by atoms with E-state index in [2.05, 4.69) is 15.2 Å². The van der Waals surface area contributed by atoms with Gasteiger partial charge in [-0.3, -0.25) is 9.59 Å². The first-order valence-corrected chi connectivity index (χ1v) is 12.5. The zero-order valence-electron chi connectivity index (χ0n) is 19.6. The molecular formula is C27H28Cl2N4O2. The zero-order valence-corrected chi connectivity index (χ0v) is 21.1. The summed E-state index contributed by atoms with van der Waals surface area (Å²) in [4.78, 5) is 34.4. The predicted molar refractivity (Wildman–Crippen MR) is 142 cm³/mol. The second kappa shape index (κ2) is 11.6. The molecule has 0 bridgehead atoms. The standard InChI is InChI=1S/C27H28Cl2N4O2/c1-2-22(19-7-4-3-5-8-19)26(34)31-21-10-12-25(30-18-21)32-13-6-14-33(16-15-32)27(35)23-11-9-20(28)17-24(23)29/h3-5,7-12,17-18,22H,2,6,13-16H2,1H3,(H,31,34).